The van der Waals surface area contributed by atoms with Gasteiger partial charge in [0.1, 0.15) is 23.7 Å². The van der Waals surface area contributed by atoms with Gasteiger partial charge in [0.05, 0.1) is 17.9 Å². The maximum atomic E-state index is 12.2. The number of piperazine rings is 1. The van der Waals surface area contributed by atoms with Crippen molar-refractivity contribution in [2.24, 2.45) is 0 Å². The Morgan fingerprint density at radius 2 is 1.57 bits per heavy atom. The van der Waals surface area contributed by atoms with E-state index < -0.39 is 11.6 Å². The van der Waals surface area contributed by atoms with Gasteiger partial charge in [0, 0.05) is 38.4 Å². The minimum Gasteiger partial charge on any atom is -0.543 e. The Bertz CT molecular complexity index is 1260. The van der Waals surface area contributed by atoms with Crippen molar-refractivity contribution >= 4 is 23.4 Å². The second kappa shape index (κ2) is 14.5. The molecule has 0 saturated carbocycles. The van der Waals surface area contributed by atoms with Crippen LogP contribution in [0.1, 0.15) is 42.4 Å². The molecule has 0 atom stereocenters. The summed E-state index contributed by atoms with van der Waals surface area (Å²) < 4.78 is 11.4. The fourth-order valence-corrected chi connectivity index (χ4v) is 4.16. The van der Waals surface area contributed by atoms with E-state index in [1.54, 1.807) is 11.0 Å². The first kappa shape index (κ1) is 31.3. The van der Waals surface area contributed by atoms with Gasteiger partial charge in [0.25, 0.3) is 0 Å². The average molecular weight is 556 g/mol. The summed E-state index contributed by atoms with van der Waals surface area (Å²) in [6.07, 6.45) is 1.93. The SMILES string of the molecule is CC(C)(C)OC(=O)N1CCN(CCOc2ccc(Cc3ccc(Nc4ccnnc4C(=O)[O-])cc3)cc2)CC1.[Na+]. The summed E-state index contributed by atoms with van der Waals surface area (Å²) in [5.74, 6) is -0.562. The van der Waals surface area contributed by atoms with E-state index in [9.17, 15) is 14.7 Å². The Morgan fingerprint density at radius 3 is 2.17 bits per heavy atom. The Hall–Kier alpha value is -3.18. The summed E-state index contributed by atoms with van der Waals surface area (Å²) >= 11 is 0. The second-order valence-electron chi connectivity index (χ2n) is 10.4. The molecular formula is C29H34N5NaO5. The number of rotatable bonds is 9. The third-order valence-corrected chi connectivity index (χ3v) is 6.18. The number of carboxylic acid groups (broad SMARTS) is 1. The number of aromatic carboxylic acids is 1. The number of nitrogens with one attached hydrogen (secondary N) is 1. The first-order valence-corrected chi connectivity index (χ1v) is 13.0. The molecule has 3 aromatic rings. The fourth-order valence-electron chi connectivity index (χ4n) is 4.16. The molecule has 2 heterocycles. The molecule has 4 rings (SSSR count). The maximum Gasteiger partial charge on any atom is 1.00 e. The van der Waals surface area contributed by atoms with Crippen LogP contribution in [0.3, 0.4) is 0 Å². The molecule has 0 bridgehead atoms. The van der Waals surface area contributed by atoms with Crippen molar-refractivity contribution in [2.75, 3.05) is 44.6 Å². The third kappa shape index (κ3) is 9.48. The quantitative estimate of drug-likeness (QED) is 0.367. The minimum absolute atomic E-state index is 0. The Kier molecular flexibility index (Phi) is 11.3. The fraction of sp³-hybridized carbons (Fsp3) is 0.379. The third-order valence-electron chi connectivity index (χ3n) is 6.18. The number of carbonyl (C=O) groups is 2. The maximum absolute atomic E-state index is 12.2. The molecule has 1 aromatic heterocycles. The number of anilines is 2. The molecular weight excluding hydrogens is 521 g/mol. The van der Waals surface area contributed by atoms with E-state index in [0.29, 0.717) is 25.4 Å². The molecule has 2 aromatic carbocycles. The second-order valence-corrected chi connectivity index (χ2v) is 10.4. The Labute approximate surface area is 257 Å². The van der Waals surface area contributed by atoms with E-state index >= 15 is 0 Å². The van der Waals surface area contributed by atoms with Gasteiger partial charge in [0.15, 0.2) is 0 Å². The summed E-state index contributed by atoms with van der Waals surface area (Å²) in [6.45, 7) is 9.91. The van der Waals surface area contributed by atoms with E-state index in [2.05, 4.69) is 32.5 Å². The number of hydrogen-bond donors (Lipinski definition) is 1. The van der Waals surface area contributed by atoms with Gasteiger partial charge >= 0.3 is 35.7 Å². The van der Waals surface area contributed by atoms with Crippen molar-refractivity contribution in [3.05, 3.63) is 77.6 Å². The number of ether oxygens (including phenoxy) is 2. The van der Waals surface area contributed by atoms with Gasteiger partial charge in [-0.15, -0.1) is 5.10 Å². The summed E-state index contributed by atoms with van der Waals surface area (Å²) in [4.78, 5) is 27.5. The smallest absolute Gasteiger partial charge is 0.543 e. The molecule has 1 saturated heterocycles. The van der Waals surface area contributed by atoms with Gasteiger partial charge in [0.2, 0.25) is 0 Å². The summed E-state index contributed by atoms with van der Waals surface area (Å²) in [6, 6.07) is 17.4. The van der Waals surface area contributed by atoms with Crippen LogP contribution in [0, 0.1) is 0 Å². The van der Waals surface area contributed by atoms with E-state index in [-0.39, 0.29) is 41.3 Å². The number of amides is 1. The van der Waals surface area contributed by atoms with E-state index in [4.69, 9.17) is 9.47 Å². The monoisotopic (exact) mass is 555 g/mol. The van der Waals surface area contributed by atoms with Gasteiger partial charge in [-0.3, -0.25) is 4.90 Å². The molecule has 11 heteroatoms. The number of carbonyl (C=O) groups excluding carboxylic acids is 2. The van der Waals surface area contributed by atoms with Crippen molar-refractivity contribution in [3.63, 3.8) is 0 Å². The van der Waals surface area contributed by atoms with Gasteiger partial charge in [-0.2, -0.15) is 5.10 Å². The van der Waals surface area contributed by atoms with Crippen molar-refractivity contribution < 1.29 is 53.7 Å². The normalized spacial score (nSPS) is 13.7. The Morgan fingerprint density at radius 1 is 0.950 bits per heavy atom. The number of benzene rings is 2. The standard InChI is InChI=1S/C29H35N5O5.Na/c1-29(2,3)39-28(37)34-16-14-33(15-17-34)18-19-38-24-10-6-22(7-11-24)20-21-4-8-23(9-5-21)31-25-12-13-30-32-26(25)27(35)36;/h4-13H,14-20H2,1-3H3,(H,30,31)(H,35,36);/q;+1/p-1. The molecule has 1 aliphatic heterocycles. The molecule has 0 radical (unpaired) electrons. The molecule has 0 aliphatic carbocycles. The van der Waals surface area contributed by atoms with E-state index in [0.717, 1.165) is 48.6 Å². The molecule has 40 heavy (non-hydrogen) atoms. The average Bonchev–Trinajstić information content (AvgIpc) is 2.90. The van der Waals surface area contributed by atoms with Crippen LogP contribution in [0.25, 0.3) is 0 Å². The van der Waals surface area contributed by atoms with Crippen molar-refractivity contribution in [1.82, 2.24) is 20.0 Å². The number of aromatic nitrogens is 2. The first-order valence-electron chi connectivity index (χ1n) is 13.0. The van der Waals surface area contributed by atoms with E-state index in [1.165, 1.54) is 6.20 Å². The predicted molar refractivity (Wildman–Crippen MR) is 145 cm³/mol. The molecule has 1 amide bonds. The van der Waals surface area contributed by atoms with Gasteiger partial charge < -0.3 is 29.6 Å². The Balaban J connectivity index is 0.00000441. The molecule has 0 unspecified atom stereocenters. The van der Waals surface area contributed by atoms with Crippen LogP contribution in [-0.2, 0) is 11.2 Å². The summed E-state index contributed by atoms with van der Waals surface area (Å²) in [5, 5.41) is 21.5. The van der Waals surface area contributed by atoms with Gasteiger partial charge in [-0.05, 0) is 68.7 Å². The summed E-state index contributed by atoms with van der Waals surface area (Å²) in [7, 11) is 0. The largest absolute Gasteiger partial charge is 1.00 e. The first-order chi connectivity index (χ1) is 18.7. The van der Waals surface area contributed by atoms with Crippen LogP contribution in [0.5, 0.6) is 5.75 Å². The van der Waals surface area contributed by atoms with Crippen molar-refractivity contribution in [3.8, 4) is 5.75 Å². The topological polar surface area (TPSA) is 120 Å². The zero-order valence-corrected chi connectivity index (χ0v) is 25.6. The van der Waals surface area contributed by atoms with E-state index in [1.807, 2.05) is 57.2 Å². The minimum atomic E-state index is -1.38. The van der Waals surface area contributed by atoms with Crippen LogP contribution < -0.4 is 44.7 Å². The zero-order valence-electron chi connectivity index (χ0n) is 23.6. The summed E-state index contributed by atoms with van der Waals surface area (Å²) in [5.41, 5.74) is 2.63. The number of carboxylic acids is 1. The molecule has 1 aliphatic rings. The van der Waals surface area contributed by atoms with Crippen LogP contribution in [0.2, 0.25) is 0 Å². The van der Waals surface area contributed by atoms with Crippen LogP contribution in [0.4, 0.5) is 16.2 Å². The molecule has 1 fully saturated rings. The van der Waals surface area contributed by atoms with Crippen LogP contribution in [0.15, 0.2) is 60.8 Å². The number of hydrogen-bond acceptors (Lipinski definition) is 9. The van der Waals surface area contributed by atoms with Crippen LogP contribution >= 0.6 is 0 Å². The zero-order chi connectivity index (χ0) is 27.8. The molecule has 1 N–H and O–H groups in total. The van der Waals surface area contributed by atoms with Crippen LogP contribution in [-0.4, -0.2) is 77.0 Å². The van der Waals surface area contributed by atoms with Crippen molar-refractivity contribution in [1.29, 1.82) is 0 Å². The molecule has 206 valence electrons. The number of nitrogens with zero attached hydrogens (tertiary/aromatic N) is 4. The predicted octanol–water partition coefficient (Wildman–Crippen LogP) is 0.110. The van der Waals surface area contributed by atoms with Gasteiger partial charge in [-0.25, -0.2) is 4.79 Å². The van der Waals surface area contributed by atoms with Gasteiger partial charge in [-0.1, -0.05) is 24.3 Å². The molecule has 10 nitrogen and oxygen atoms in total. The van der Waals surface area contributed by atoms with Crippen molar-refractivity contribution in [2.45, 2.75) is 32.8 Å². The molecule has 0 spiro atoms.